The molecule has 0 spiro atoms. The fourth-order valence-electron chi connectivity index (χ4n) is 1.60. The van der Waals surface area contributed by atoms with E-state index in [0.29, 0.717) is 0 Å². The van der Waals surface area contributed by atoms with E-state index >= 15 is 0 Å². The van der Waals surface area contributed by atoms with Crippen molar-refractivity contribution in [1.29, 1.82) is 0 Å². The molecule has 1 heterocycles. The molecule has 0 aliphatic rings. The maximum atomic E-state index is 12.8. The number of hydrogen-bond acceptors (Lipinski definition) is 3. The third-order valence-corrected chi connectivity index (χ3v) is 5.35. The molecule has 0 atom stereocenters. The minimum absolute atomic E-state index is 0.0684. The molecule has 0 aliphatic carbocycles. The fourth-order valence-corrected chi connectivity index (χ4v) is 3.69. The van der Waals surface area contributed by atoms with Gasteiger partial charge in [0.25, 0.3) is 0 Å². The summed E-state index contributed by atoms with van der Waals surface area (Å²) in [4.78, 5) is 2.20. The molecule has 0 fully saturated rings. The maximum Gasteiger partial charge on any atom is 0.240 e. The van der Waals surface area contributed by atoms with Crippen LogP contribution in [0.1, 0.15) is 15.3 Å². The fraction of sp³-hybridized carbons (Fsp3) is 0.231. The quantitative estimate of drug-likeness (QED) is 0.943. The van der Waals surface area contributed by atoms with Crippen LogP contribution in [0.3, 0.4) is 0 Å². The van der Waals surface area contributed by atoms with Gasteiger partial charge in [0, 0.05) is 16.3 Å². The second-order valence-corrected chi connectivity index (χ2v) is 7.34. The molecule has 0 radical (unpaired) electrons. The Bertz CT molecular complexity index is 656. The molecule has 1 aromatic heterocycles. The average Bonchev–Trinajstić information content (AvgIpc) is 2.67. The summed E-state index contributed by atoms with van der Waals surface area (Å²) in [6.07, 6.45) is 0. The molecular weight excluding hydrogens is 285 g/mol. The van der Waals surface area contributed by atoms with E-state index in [1.54, 1.807) is 11.3 Å². The van der Waals surface area contributed by atoms with E-state index in [2.05, 4.69) is 4.72 Å². The first-order valence-electron chi connectivity index (χ1n) is 5.69. The van der Waals surface area contributed by atoms with Gasteiger partial charge in [-0.2, -0.15) is 0 Å². The SMILES string of the molecule is Cc1cc(CNS(=O)(=O)c2ccc(F)cc2)sc1C. The van der Waals surface area contributed by atoms with Gasteiger partial charge in [-0.05, 0) is 49.7 Å². The number of benzene rings is 1. The molecule has 19 heavy (non-hydrogen) atoms. The molecule has 2 aromatic rings. The van der Waals surface area contributed by atoms with E-state index < -0.39 is 15.8 Å². The highest BCUT2D eigenvalue weighted by Crippen LogP contribution is 2.21. The Morgan fingerprint density at radius 2 is 1.84 bits per heavy atom. The molecule has 0 saturated heterocycles. The molecule has 0 aliphatic heterocycles. The van der Waals surface area contributed by atoms with E-state index in [1.807, 2.05) is 19.9 Å². The Morgan fingerprint density at radius 3 is 2.37 bits per heavy atom. The van der Waals surface area contributed by atoms with Crippen molar-refractivity contribution in [3.05, 3.63) is 51.5 Å². The Kier molecular flexibility index (Phi) is 4.03. The standard InChI is InChI=1S/C13H14FNO2S2/c1-9-7-12(18-10(9)2)8-15-19(16,17)13-5-3-11(14)4-6-13/h3-7,15H,8H2,1-2H3. The molecule has 2 rings (SSSR count). The predicted molar refractivity (Wildman–Crippen MR) is 74.2 cm³/mol. The highest BCUT2D eigenvalue weighted by molar-refractivity contribution is 7.89. The van der Waals surface area contributed by atoms with Crippen LogP contribution in [0, 0.1) is 19.7 Å². The first kappa shape index (κ1) is 14.2. The highest BCUT2D eigenvalue weighted by Gasteiger charge is 2.14. The molecule has 0 bridgehead atoms. The minimum Gasteiger partial charge on any atom is -0.207 e. The van der Waals surface area contributed by atoms with Crippen molar-refractivity contribution in [1.82, 2.24) is 4.72 Å². The Morgan fingerprint density at radius 1 is 1.21 bits per heavy atom. The molecule has 1 aromatic carbocycles. The molecule has 6 heteroatoms. The van der Waals surface area contributed by atoms with Crippen LogP contribution in [-0.2, 0) is 16.6 Å². The zero-order valence-corrected chi connectivity index (χ0v) is 12.2. The van der Waals surface area contributed by atoms with Gasteiger partial charge < -0.3 is 0 Å². The Labute approximate surface area is 116 Å². The highest BCUT2D eigenvalue weighted by atomic mass is 32.2. The number of thiophene rings is 1. The van der Waals surface area contributed by atoms with Gasteiger partial charge in [-0.3, -0.25) is 0 Å². The van der Waals surface area contributed by atoms with Crippen molar-refractivity contribution in [2.45, 2.75) is 25.3 Å². The number of sulfonamides is 1. The average molecular weight is 299 g/mol. The van der Waals surface area contributed by atoms with Crippen molar-refractivity contribution in [2.24, 2.45) is 0 Å². The minimum atomic E-state index is -3.59. The van der Waals surface area contributed by atoms with Gasteiger partial charge in [0.1, 0.15) is 5.82 Å². The van der Waals surface area contributed by atoms with Crippen LogP contribution in [0.15, 0.2) is 35.2 Å². The smallest absolute Gasteiger partial charge is 0.207 e. The molecule has 0 unspecified atom stereocenters. The van der Waals surface area contributed by atoms with Crippen LogP contribution in [0.5, 0.6) is 0 Å². The van der Waals surface area contributed by atoms with Crippen LogP contribution in [0.2, 0.25) is 0 Å². The molecule has 1 N–H and O–H groups in total. The molecule has 3 nitrogen and oxygen atoms in total. The zero-order valence-electron chi connectivity index (χ0n) is 10.6. The molecule has 102 valence electrons. The number of rotatable bonds is 4. The van der Waals surface area contributed by atoms with Gasteiger partial charge in [-0.1, -0.05) is 0 Å². The van der Waals surface area contributed by atoms with Crippen molar-refractivity contribution in [2.75, 3.05) is 0 Å². The van der Waals surface area contributed by atoms with Crippen LogP contribution in [0.25, 0.3) is 0 Å². The maximum absolute atomic E-state index is 12.8. The first-order chi connectivity index (χ1) is 8.88. The van der Waals surface area contributed by atoms with Crippen molar-refractivity contribution in [3.8, 4) is 0 Å². The summed E-state index contributed by atoms with van der Waals surface area (Å²) >= 11 is 1.57. The van der Waals surface area contributed by atoms with E-state index in [-0.39, 0.29) is 11.4 Å². The van der Waals surface area contributed by atoms with Crippen molar-refractivity contribution in [3.63, 3.8) is 0 Å². The van der Waals surface area contributed by atoms with Gasteiger partial charge in [0.05, 0.1) is 4.90 Å². The number of nitrogens with one attached hydrogen (secondary N) is 1. The van der Waals surface area contributed by atoms with Gasteiger partial charge in [-0.25, -0.2) is 17.5 Å². The topological polar surface area (TPSA) is 46.2 Å². The summed E-state index contributed by atoms with van der Waals surface area (Å²) in [5, 5.41) is 0. The lowest BCUT2D eigenvalue weighted by Crippen LogP contribution is -2.22. The van der Waals surface area contributed by atoms with Gasteiger partial charge >= 0.3 is 0 Å². The lowest BCUT2D eigenvalue weighted by molar-refractivity contribution is 0.581. The van der Waals surface area contributed by atoms with Gasteiger partial charge in [0.15, 0.2) is 0 Å². The summed E-state index contributed by atoms with van der Waals surface area (Å²) in [6.45, 7) is 4.24. The van der Waals surface area contributed by atoms with E-state index in [4.69, 9.17) is 0 Å². The van der Waals surface area contributed by atoms with E-state index in [0.717, 1.165) is 22.6 Å². The van der Waals surface area contributed by atoms with E-state index in [1.165, 1.54) is 17.0 Å². The third-order valence-electron chi connectivity index (χ3n) is 2.78. The van der Waals surface area contributed by atoms with Crippen LogP contribution >= 0.6 is 11.3 Å². The second-order valence-electron chi connectivity index (χ2n) is 4.23. The monoisotopic (exact) mass is 299 g/mol. The Balaban J connectivity index is 2.11. The number of halogens is 1. The predicted octanol–water partition coefficient (Wildman–Crippen LogP) is 2.98. The zero-order chi connectivity index (χ0) is 14.0. The van der Waals surface area contributed by atoms with E-state index in [9.17, 15) is 12.8 Å². The van der Waals surface area contributed by atoms with Gasteiger partial charge in [-0.15, -0.1) is 11.3 Å². The molecule has 0 amide bonds. The molecular formula is C13H14FNO2S2. The van der Waals surface area contributed by atoms with Crippen LogP contribution < -0.4 is 4.72 Å². The van der Waals surface area contributed by atoms with Gasteiger partial charge in [0.2, 0.25) is 10.0 Å². The van der Waals surface area contributed by atoms with Crippen molar-refractivity contribution >= 4 is 21.4 Å². The second kappa shape index (κ2) is 5.40. The summed E-state index contributed by atoms with van der Waals surface area (Å²) in [5.41, 5.74) is 1.15. The lowest BCUT2D eigenvalue weighted by atomic mass is 10.3. The normalized spacial score (nSPS) is 11.7. The van der Waals surface area contributed by atoms with Crippen LogP contribution in [0.4, 0.5) is 4.39 Å². The largest absolute Gasteiger partial charge is 0.240 e. The number of hydrogen-bond donors (Lipinski definition) is 1. The lowest BCUT2D eigenvalue weighted by Gasteiger charge is -2.05. The number of aryl methyl sites for hydroxylation is 2. The summed E-state index contributed by atoms with van der Waals surface area (Å²) in [7, 11) is -3.59. The van der Waals surface area contributed by atoms with Crippen LogP contribution in [-0.4, -0.2) is 8.42 Å². The first-order valence-corrected chi connectivity index (χ1v) is 7.99. The summed E-state index contributed by atoms with van der Waals surface area (Å²) < 4.78 is 39.2. The Hall–Kier alpha value is -1.24. The van der Waals surface area contributed by atoms with Crippen molar-refractivity contribution < 1.29 is 12.8 Å². The summed E-state index contributed by atoms with van der Waals surface area (Å²) in [5.74, 6) is -0.455. The molecule has 0 saturated carbocycles. The third kappa shape index (κ3) is 3.40. The summed E-state index contributed by atoms with van der Waals surface area (Å²) in [6, 6.07) is 6.74.